The Hall–Kier alpha value is -2.86. The number of carbonyl (C=O) groups excluding carboxylic acids is 1. The van der Waals surface area contributed by atoms with Gasteiger partial charge in [0.05, 0.1) is 4.92 Å². The van der Waals surface area contributed by atoms with Gasteiger partial charge in [0.2, 0.25) is 5.91 Å². The van der Waals surface area contributed by atoms with Crippen molar-refractivity contribution in [3.63, 3.8) is 0 Å². The number of hydrogen-bond donors (Lipinski definition) is 0. The van der Waals surface area contributed by atoms with Crippen LogP contribution >= 0.6 is 11.6 Å². The second kappa shape index (κ2) is 7.58. The van der Waals surface area contributed by atoms with E-state index in [1.54, 1.807) is 7.05 Å². The summed E-state index contributed by atoms with van der Waals surface area (Å²) in [5.41, 5.74) is 1.61. The predicted octanol–water partition coefficient (Wildman–Crippen LogP) is 4.25. The van der Waals surface area contributed by atoms with Crippen molar-refractivity contribution in [2.45, 2.75) is 19.5 Å². The number of aryl methyl sites for hydroxylation is 1. The fraction of sp³-hybridized carbons (Fsp3) is 0.211. The number of benzene rings is 2. The van der Waals surface area contributed by atoms with Crippen molar-refractivity contribution >= 4 is 34.1 Å². The fourth-order valence-corrected chi connectivity index (χ4v) is 3.06. The van der Waals surface area contributed by atoms with Gasteiger partial charge in [-0.1, -0.05) is 29.8 Å². The molecule has 0 unspecified atom stereocenters. The molecule has 0 saturated carbocycles. The van der Waals surface area contributed by atoms with Gasteiger partial charge >= 0.3 is 0 Å². The number of non-ortho nitro benzene ring substituents is 1. The van der Waals surface area contributed by atoms with E-state index in [2.05, 4.69) is 0 Å². The lowest BCUT2D eigenvalue weighted by Gasteiger charge is -2.18. The van der Waals surface area contributed by atoms with Crippen LogP contribution < -0.4 is 0 Å². The van der Waals surface area contributed by atoms with Crippen molar-refractivity contribution < 1.29 is 9.72 Å². The molecule has 0 radical (unpaired) electrons. The summed E-state index contributed by atoms with van der Waals surface area (Å²) in [5.74, 6) is -0.0506. The van der Waals surface area contributed by atoms with Gasteiger partial charge in [-0.15, -0.1) is 0 Å². The maximum atomic E-state index is 12.4. The minimum absolute atomic E-state index is 0.0379. The van der Waals surface area contributed by atoms with Gasteiger partial charge in [0, 0.05) is 55.4 Å². The lowest BCUT2D eigenvalue weighted by atomic mass is 10.2. The number of fused-ring (bicyclic) bond motifs is 1. The first-order valence-corrected chi connectivity index (χ1v) is 8.54. The van der Waals surface area contributed by atoms with Crippen molar-refractivity contribution in [1.29, 1.82) is 0 Å². The van der Waals surface area contributed by atoms with Crippen LogP contribution in [0.15, 0.2) is 54.7 Å². The Morgan fingerprint density at radius 1 is 1.23 bits per heavy atom. The van der Waals surface area contributed by atoms with Gasteiger partial charge in [0.15, 0.2) is 0 Å². The van der Waals surface area contributed by atoms with E-state index in [0.717, 1.165) is 10.9 Å². The molecule has 3 rings (SSSR count). The molecule has 134 valence electrons. The second-order valence-electron chi connectivity index (χ2n) is 6.10. The van der Waals surface area contributed by atoms with Crippen molar-refractivity contribution in [3.05, 3.63) is 75.4 Å². The Balaban J connectivity index is 1.65. The van der Waals surface area contributed by atoms with Crippen molar-refractivity contribution in [2.24, 2.45) is 0 Å². The highest BCUT2D eigenvalue weighted by atomic mass is 35.5. The number of halogens is 1. The van der Waals surface area contributed by atoms with E-state index in [-0.39, 0.29) is 18.1 Å². The summed E-state index contributed by atoms with van der Waals surface area (Å²) in [4.78, 5) is 24.4. The quantitative estimate of drug-likeness (QED) is 0.480. The van der Waals surface area contributed by atoms with Crippen LogP contribution in [0.1, 0.15) is 12.0 Å². The molecule has 26 heavy (non-hydrogen) atoms. The highest BCUT2D eigenvalue weighted by Crippen LogP contribution is 2.23. The van der Waals surface area contributed by atoms with Crippen LogP contribution in [0.2, 0.25) is 5.02 Å². The third-order valence-electron chi connectivity index (χ3n) is 4.32. The molecule has 7 heteroatoms. The van der Waals surface area contributed by atoms with Gasteiger partial charge in [0.25, 0.3) is 5.69 Å². The number of aromatic nitrogens is 1. The van der Waals surface area contributed by atoms with Gasteiger partial charge < -0.3 is 9.47 Å². The van der Waals surface area contributed by atoms with Crippen LogP contribution in [0.4, 0.5) is 5.69 Å². The van der Waals surface area contributed by atoms with E-state index in [1.165, 1.54) is 23.1 Å². The maximum Gasteiger partial charge on any atom is 0.269 e. The summed E-state index contributed by atoms with van der Waals surface area (Å²) in [5, 5.41) is 12.4. The van der Waals surface area contributed by atoms with E-state index in [4.69, 9.17) is 11.6 Å². The van der Waals surface area contributed by atoms with Gasteiger partial charge in [-0.05, 0) is 29.1 Å². The zero-order valence-electron chi connectivity index (χ0n) is 14.3. The molecule has 0 aliphatic carbocycles. The number of para-hydroxylation sites is 1. The van der Waals surface area contributed by atoms with Crippen molar-refractivity contribution in [3.8, 4) is 0 Å². The molecule has 1 aromatic heterocycles. The summed E-state index contributed by atoms with van der Waals surface area (Å²) in [7, 11) is 1.67. The molecule has 0 fully saturated rings. The number of hydrogen-bond acceptors (Lipinski definition) is 3. The largest absolute Gasteiger partial charge is 0.347 e. The number of rotatable bonds is 6. The molecule has 1 heterocycles. The van der Waals surface area contributed by atoms with Crippen LogP contribution in [0.5, 0.6) is 0 Å². The summed E-state index contributed by atoms with van der Waals surface area (Å²) in [6, 6.07) is 14.3. The number of nitro groups is 1. The molecule has 0 bridgehead atoms. The predicted molar refractivity (Wildman–Crippen MR) is 101 cm³/mol. The molecular formula is C19H18ClN3O3. The third-order valence-corrected chi connectivity index (χ3v) is 4.69. The van der Waals surface area contributed by atoms with Crippen molar-refractivity contribution in [1.82, 2.24) is 9.47 Å². The molecule has 3 aromatic rings. The zero-order chi connectivity index (χ0) is 18.7. The molecule has 0 aliphatic rings. The van der Waals surface area contributed by atoms with E-state index in [0.29, 0.717) is 23.6 Å². The summed E-state index contributed by atoms with van der Waals surface area (Å²) in [6.07, 6.45) is 2.30. The summed E-state index contributed by atoms with van der Waals surface area (Å²) >= 11 is 6.11. The Kier molecular flexibility index (Phi) is 5.23. The average Bonchev–Trinajstić information content (AvgIpc) is 3.04. The summed E-state index contributed by atoms with van der Waals surface area (Å²) in [6.45, 7) is 0.797. The number of amides is 1. The minimum Gasteiger partial charge on any atom is -0.347 e. The molecule has 2 aromatic carbocycles. The number of nitrogens with zero attached hydrogens (tertiary/aromatic N) is 3. The Morgan fingerprint density at radius 3 is 2.77 bits per heavy atom. The van der Waals surface area contributed by atoms with E-state index in [1.807, 2.05) is 41.1 Å². The van der Waals surface area contributed by atoms with Crippen molar-refractivity contribution in [2.75, 3.05) is 7.05 Å². The summed E-state index contributed by atoms with van der Waals surface area (Å²) < 4.78 is 2.04. The first-order valence-electron chi connectivity index (χ1n) is 8.16. The highest BCUT2D eigenvalue weighted by Gasteiger charge is 2.15. The molecule has 1 amide bonds. The first kappa shape index (κ1) is 17.9. The van der Waals surface area contributed by atoms with Crippen LogP contribution in [0.3, 0.4) is 0 Å². The van der Waals surface area contributed by atoms with E-state index < -0.39 is 4.92 Å². The first-order chi connectivity index (χ1) is 12.5. The second-order valence-corrected chi connectivity index (χ2v) is 6.51. The molecule has 0 atom stereocenters. The molecule has 6 nitrogen and oxygen atoms in total. The van der Waals surface area contributed by atoms with Crippen LogP contribution in [-0.4, -0.2) is 27.3 Å². The third kappa shape index (κ3) is 3.86. The van der Waals surface area contributed by atoms with Gasteiger partial charge in [-0.25, -0.2) is 0 Å². The Morgan fingerprint density at radius 2 is 2.00 bits per heavy atom. The fourth-order valence-electron chi connectivity index (χ4n) is 2.88. The zero-order valence-corrected chi connectivity index (χ0v) is 15.0. The van der Waals surface area contributed by atoms with Crippen LogP contribution in [0, 0.1) is 10.1 Å². The number of carbonyl (C=O) groups is 1. The Bertz CT molecular complexity index is 968. The smallest absolute Gasteiger partial charge is 0.269 e. The van der Waals surface area contributed by atoms with Crippen LogP contribution in [-0.2, 0) is 17.9 Å². The lowest BCUT2D eigenvalue weighted by molar-refractivity contribution is -0.384. The monoisotopic (exact) mass is 371 g/mol. The van der Waals surface area contributed by atoms with Gasteiger partial charge in [-0.3, -0.25) is 14.9 Å². The molecule has 0 aliphatic heterocycles. The van der Waals surface area contributed by atoms with Crippen LogP contribution in [0.25, 0.3) is 10.9 Å². The van der Waals surface area contributed by atoms with Gasteiger partial charge in [0.1, 0.15) is 0 Å². The molecule has 0 N–H and O–H groups in total. The molecule has 0 spiro atoms. The molecule has 0 saturated heterocycles. The standard InChI is InChI=1S/C19H18ClN3O3/c1-21(13-15-12-16(23(25)26)6-7-17(15)20)19(24)9-11-22-10-8-14-4-2-3-5-18(14)22/h2-8,10,12H,9,11,13H2,1H3. The molecular weight excluding hydrogens is 354 g/mol. The van der Waals surface area contributed by atoms with E-state index >= 15 is 0 Å². The normalized spacial score (nSPS) is 10.8. The SMILES string of the molecule is CN(Cc1cc([N+](=O)[O-])ccc1Cl)C(=O)CCn1ccc2ccccc21. The average molecular weight is 372 g/mol. The van der Waals surface area contributed by atoms with Gasteiger partial charge in [-0.2, -0.15) is 0 Å². The minimum atomic E-state index is -0.473. The number of nitro benzene ring substituents is 1. The maximum absolute atomic E-state index is 12.4. The Labute approximate surface area is 155 Å². The lowest BCUT2D eigenvalue weighted by Crippen LogP contribution is -2.27. The topological polar surface area (TPSA) is 68.4 Å². The van der Waals surface area contributed by atoms with E-state index in [9.17, 15) is 14.9 Å². The highest BCUT2D eigenvalue weighted by molar-refractivity contribution is 6.31.